The largest absolute Gasteiger partial charge is 0.479 e. The monoisotopic (exact) mass is 415 g/mol. The van der Waals surface area contributed by atoms with E-state index in [0.717, 1.165) is 28.7 Å². The van der Waals surface area contributed by atoms with E-state index in [-0.39, 0.29) is 17.8 Å². The third-order valence-corrected chi connectivity index (χ3v) is 4.50. The van der Waals surface area contributed by atoms with E-state index in [0.29, 0.717) is 19.3 Å². The average molecular weight is 415 g/mol. The minimum absolute atomic E-state index is 0.00000165. The SMILES string of the molecule is NC(=O)C(C(=O)O)N(CCCCc1ccccc1)c1ccc(C(=O)O)cc1[N+](=O)[O-]. The van der Waals surface area contributed by atoms with Gasteiger partial charge >= 0.3 is 11.9 Å². The van der Waals surface area contributed by atoms with E-state index in [4.69, 9.17) is 10.8 Å². The van der Waals surface area contributed by atoms with Crippen molar-refractivity contribution in [2.24, 2.45) is 5.73 Å². The van der Waals surface area contributed by atoms with Crippen LogP contribution >= 0.6 is 0 Å². The zero-order valence-corrected chi connectivity index (χ0v) is 15.9. The maximum atomic E-state index is 11.8. The molecule has 10 nitrogen and oxygen atoms in total. The highest BCUT2D eigenvalue weighted by molar-refractivity contribution is 6.04. The second-order valence-electron chi connectivity index (χ2n) is 6.54. The highest BCUT2D eigenvalue weighted by Gasteiger charge is 2.35. The summed E-state index contributed by atoms with van der Waals surface area (Å²) in [6.07, 6.45) is 1.75. The van der Waals surface area contributed by atoms with Crippen molar-refractivity contribution >= 4 is 29.2 Å². The van der Waals surface area contributed by atoms with Gasteiger partial charge < -0.3 is 20.8 Å². The van der Waals surface area contributed by atoms with E-state index in [1.54, 1.807) is 0 Å². The third-order valence-electron chi connectivity index (χ3n) is 4.50. The number of hydrogen-bond acceptors (Lipinski definition) is 6. The molecule has 0 aromatic heterocycles. The molecule has 0 saturated heterocycles. The molecule has 0 radical (unpaired) electrons. The Morgan fingerprint density at radius 1 is 1.07 bits per heavy atom. The van der Waals surface area contributed by atoms with Crippen LogP contribution in [0.4, 0.5) is 11.4 Å². The van der Waals surface area contributed by atoms with E-state index in [2.05, 4.69) is 0 Å². The number of amides is 1. The number of aromatic carboxylic acids is 1. The first-order valence-electron chi connectivity index (χ1n) is 9.06. The summed E-state index contributed by atoms with van der Waals surface area (Å²) in [6.45, 7) is -0.00000165. The van der Waals surface area contributed by atoms with Gasteiger partial charge in [-0.15, -0.1) is 0 Å². The number of hydrogen-bond donors (Lipinski definition) is 3. The van der Waals surface area contributed by atoms with Crippen molar-refractivity contribution < 1.29 is 29.5 Å². The Balaban J connectivity index is 2.33. The van der Waals surface area contributed by atoms with Crippen LogP contribution in [-0.4, -0.2) is 45.6 Å². The molecule has 1 unspecified atom stereocenters. The summed E-state index contributed by atoms with van der Waals surface area (Å²) >= 11 is 0. The molecule has 0 spiro atoms. The topological polar surface area (TPSA) is 164 Å². The standard InChI is InChI=1S/C20H21N3O7/c21-18(24)17(20(27)28)22(11-5-4-8-13-6-2-1-3-7-13)15-10-9-14(19(25)26)12-16(15)23(29)30/h1-3,6-7,9-10,12,17H,4-5,8,11H2,(H2,21,24)(H,25,26)(H,27,28). The van der Waals surface area contributed by atoms with Crippen LogP contribution in [0, 0.1) is 10.1 Å². The maximum absolute atomic E-state index is 11.8. The lowest BCUT2D eigenvalue weighted by Gasteiger charge is -2.28. The minimum atomic E-state index is -1.84. The Hall–Kier alpha value is -3.95. The van der Waals surface area contributed by atoms with Gasteiger partial charge in [0.25, 0.3) is 11.6 Å². The Morgan fingerprint density at radius 3 is 2.27 bits per heavy atom. The first-order chi connectivity index (χ1) is 14.2. The number of aliphatic carboxylic acids is 1. The number of carbonyl (C=O) groups is 3. The first kappa shape index (κ1) is 22.3. The van der Waals surface area contributed by atoms with Crippen LogP contribution in [0.1, 0.15) is 28.8 Å². The molecular formula is C20H21N3O7. The quantitative estimate of drug-likeness (QED) is 0.217. The molecule has 2 aromatic rings. The van der Waals surface area contributed by atoms with Crippen molar-refractivity contribution in [3.63, 3.8) is 0 Å². The third kappa shape index (κ3) is 5.53. The van der Waals surface area contributed by atoms with Crippen LogP contribution in [-0.2, 0) is 16.0 Å². The molecule has 1 atom stereocenters. The van der Waals surface area contributed by atoms with Crippen LogP contribution < -0.4 is 10.6 Å². The summed E-state index contributed by atoms with van der Waals surface area (Å²) in [5.74, 6) is -4.10. The van der Waals surface area contributed by atoms with Crippen LogP contribution in [0.15, 0.2) is 48.5 Å². The van der Waals surface area contributed by atoms with Gasteiger partial charge in [0, 0.05) is 12.6 Å². The molecule has 4 N–H and O–H groups in total. The van der Waals surface area contributed by atoms with Gasteiger partial charge in [-0.25, -0.2) is 9.59 Å². The lowest BCUT2D eigenvalue weighted by Crippen LogP contribution is -2.50. The second-order valence-corrected chi connectivity index (χ2v) is 6.54. The summed E-state index contributed by atoms with van der Waals surface area (Å²) in [5, 5.41) is 30.1. The summed E-state index contributed by atoms with van der Waals surface area (Å²) in [5.41, 5.74) is 5.19. The van der Waals surface area contributed by atoms with Crippen molar-refractivity contribution in [2.75, 3.05) is 11.4 Å². The van der Waals surface area contributed by atoms with Crippen molar-refractivity contribution in [3.05, 3.63) is 69.8 Å². The van der Waals surface area contributed by atoms with E-state index in [9.17, 15) is 29.6 Å². The molecule has 2 aromatic carbocycles. The lowest BCUT2D eigenvalue weighted by molar-refractivity contribution is -0.384. The number of nitrogens with two attached hydrogens (primary N) is 1. The fourth-order valence-corrected chi connectivity index (χ4v) is 3.10. The zero-order valence-electron chi connectivity index (χ0n) is 15.9. The minimum Gasteiger partial charge on any atom is -0.479 e. The van der Waals surface area contributed by atoms with Gasteiger partial charge in [-0.3, -0.25) is 14.9 Å². The van der Waals surface area contributed by atoms with Gasteiger partial charge in [-0.05, 0) is 37.0 Å². The molecule has 0 aliphatic heterocycles. The van der Waals surface area contributed by atoms with Crippen molar-refractivity contribution in [3.8, 4) is 0 Å². The lowest BCUT2D eigenvalue weighted by atomic mass is 10.1. The van der Waals surface area contributed by atoms with E-state index in [1.165, 1.54) is 0 Å². The maximum Gasteiger partial charge on any atom is 0.336 e. The smallest absolute Gasteiger partial charge is 0.336 e. The number of rotatable bonds is 11. The van der Waals surface area contributed by atoms with Crippen molar-refractivity contribution in [2.45, 2.75) is 25.3 Å². The van der Waals surface area contributed by atoms with E-state index in [1.807, 2.05) is 30.3 Å². The van der Waals surface area contributed by atoms with Crippen molar-refractivity contribution in [1.29, 1.82) is 0 Å². The summed E-state index contributed by atoms with van der Waals surface area (Å²) in [4.78, 5) is 46.3. The van der Waals surface area contributed by atoms with Gasteiger partial charge in [-0.2, -0.15) is 0 Å². The van der Waals surface area contributed by atoms with Gasteiger partial charge in [0.15, 0.2) is 0 Å². The van der Waals surface area contributed by atoms with Gasteiger partial charge in [-0.1, -0.05) is 30.3 Å². The number of unbranched alkanes of at least 4 members (excludes halogenated alkanes) is 1. The molecule has 10 heteroatoms. The molecule has 0 bridgehead atoms. The Bertz CT molecular complexity index is 933. The Kier molecular flexibility index (Phi) is 7.45. The summed E-state index contributed by atoms with van der Waals surface area (Å²) in [7, 11) is 0. The number of carbonyl (C=O) groups excluding carboxylic acids is 1. The van der Waals surface area contributed by atoms with E-state index >= 15 is 0 Å². The number of nitro groups is 1. The predicted molar refractivity (Wildman–Crippen MR) is 107 cm³/mol. The molecule has 30 heavy (non-hydrogen) atoms. The molecule has 0 saturated carbocycles. The van der Waals surface area contributed by atoms with Gasteiger partial charge in [0.2, 0.25) is 6.04 Å². The molecular weight excluding hydrogens is 394 g/mol. The number of anilines is 1. The Labute approximate surface area is 171 Å². The fourth-order valence-electron chi connectivity index (χ4n) is 3.10. The normalized spacial score (nSPS) is 11.5. The first-order valence-corrected chi connectivity index (χ1v) is 9.06. The van der Waals surface area contributed by atoms with Crippen LogP contribution in [0.2, 0.25) is 0 Å². The molecule has 0 heterocycles. The van der Waals surface area contributed by atoms with Crippen LogP contribution in [0.25, 0.3) is 0 Å². The number of aryl methyl sites for hydroxylation is 1. The van der Waals surface area contributed by atoms with Gasteiger partial charge in [0.1, 0.15) is 5.69 Å². The summed E-state index contributed by atoms with van der Waals surface area (Å²) in [6, 6.07) is 10.8. The number of carboxylic acids is 2. The number of nitrogens with zero attached hydrogens (tertiary/aromatic N) is 2. The molecule has 0 aliphatic carbocycles. The molecule has 0 aliphatic rings. The number of nitro benzene ring substituents is 1. The van der Waals surface area contributed by atoms with E-state index < -0.39 is 34.5 Å². The van der Waals surface area contributed by atoms with Gasteiger partial charge in [0.05, 0.1) is 10.5 Å². The zero-order chi connectivity index (χ0) is 22.3. The van der Waals surface area contributed by atoms with Crippen LogP contribution in [0.3, 0.4) is 0 Å². The number of primary amides is 1. The number of carboxylic acid groups (broad SMARTS) is 2. The fraction of sp³-hybridized carbons (Fsp3) is 0.250. The highest BCUT2D eigenvalue weighted by atomic mass is 16.6. The van der Waals surface area contributed by atoms with Crippen molar-refractivity contribution in [1.82, 2.24) is 0 Å². The Morgan fingerprint density at radius 2 is 1.73 bits per heavy atom. The summed E-state index contributed by atoms with van der Waals surface area (Å²) < 4.78 is 0. The predicted octanol–water partition coefficient (Wildman–Crippen LogP) is 2.06. The average Bonchev–Trinajstić information content (AvgIpc) is 2.69. The molecule has 0 fully saturated rings. The molecule has 2 rings (SSSR count). The number of benzene rings is 2. The second kappa shape index (κ2) is 10.0. The highest BCUT2D eigenvalue weighted by Crippen LogP contribution is 2.31. The molecule has 158 valence electrons. The van der Waals surface area contributed by atoms with Crippen LogP contribution in [0.5, 0.6) is 0 Å². The molecule has 1 amide bonds.